The van der Waals surface area contributed by atoms with E-state index in [0.29, 0.717) is 5.92 Å². The molecule has 0 saturated heterocycles. The number of benzene rings is 2. The SMILES string of the molecule is OC(Cc1cccc(Br)c1)C1Cc2ccccc21. The van der Waals surface area contributed by atoms with Crippen LogP contribution in [-0.4, -0.2) is 11.2 Å². The third kappa shape index (κ3) is 2.23. The summed E-state index contributed by atoms with van der Waals surface area (Å²) < 4.78 is 1.07. The van der Waals surface area contributed by atoms with Crippen LogP contribution in [0.5, 0.6) is 0 Å². The van der Waals surface area contributed by atoms with Crippen LogP contribution in [0.15, 0.2) is 53.0 Å². The number of hydrogen-bond acceptors (Lipinski definition) is 1. The number of rotatable bonds is 3. The van der Waals surface area contributed by atoms with Crippen LogP contribution in [0.25, 0.3) is 0 Å². The van der Waals surface area contributed by atoms with E-state index in [1.54, 1.807) is 0 Å². The first kappa shape index (κ1) is 11.9. The average molecular weight is 303 g/mol. The quantitative estimate of drug-likeness (QED) is 0.917. The highest BCUT2D eigenvalue weighted by molar-refractivity contribution is 9.10. The molecule has 0 aromatic heterocycles. The van der Waals surface area contributed by atoms with Gasteiger partial charge in [0.25, 0.3) is 0 Å². The van der Waals surface area contributed by atoms with Crippen molar-refractivity contribution in [3.05, 3.63) is 69.7 Å². The van der Waals surface area contributed by atoms with Gasteiger partial charge in [0.2, 0.25) is 0 Å². The first-order valence-electron chi connectivity index (χ1n) is 6.24. The Morgan fingerprint density at radius 3 is 2.78 bits per heavy atom. The summed E-state index contributed by atoms with van der Waals surface area (Å²) in [4.78, 5) is 0. The zero-order chi connectivity index (χ0) is 12.5. The lowest BCUT2D eigenvalue weighted by molar-refractivity contribution is 0.133. The molecule has 0 aliphatic heterocycles. The second-order valence-corrected chi connectivity index (χ2v) is 5.83. The van der Waals surface area contributed by atoms with Crippen molar-refractivity contribution in [1.82, 2.24) is 0 Å². The van der Waals surface area contributed by atoms with Crippen molar-refractivity contribution >= 4 is 15.9 Å². The van der Waals surface area contributed by atoms with Gasteiger partial charge in [-0.1, -0.05) is 52.3 Å². The summed E-state index contributed by atoms with van der Waals surface area (Å²) in [6.07, 6.45) is 1.44. The smallest absolute Gasteiger partial charge is 0.0652 e. The van der Waals surface area contributed by atoms with Gasteiger partial charge >= 0.3 is 0 Å². The molecule has 18 heavy (non-hydrogen) atoms. The Labute approximate surface area is 116 Å². The van der Waals surface area contributed by atoms with E-state index < -0.39 is 0 Å². The predicted molar refractivity (Wildman–Crippen MR) is 76.7 cm³/mol. The molecule has 3 rings (SSSR count). The summed E-state index contributed by atoms with van der Waals surface area (Å²) in [7, 11) is 0. The van der Waals surface area contributed by atoms with Crippen LogP contribution >= 0.6 is 15.9 Å². The van der Waals surface area contributed by atoms with Gasteiger partial charge in [-0.25, -0.2) is 0 Å². The van der Waals surface area contributed by atoms with Gasteiger partial charge in [0.05, 0.1) is 6.10 Å². The minimum Gasteiger partial charge on any atom is -0.392 e. The molecule has 0 bridgehead atoms. The second kappa shape index (κ2) is 4.87. The Morgan fingerprint density at radius 1 is 1.17 bits per heavy atom. The van der Waals surface area contributed by atoms with Gasteiger partial charge in [0.15, 0.2) is 0 Å². The molecular weight excluding hydrogens is 288 g/mol. The van der Waals surface area contributed by atoms with Crippen LogP contribution < -0.4 is 0 Å². The summed E-state index contributed by atoms with van der Waals surface area (Å²) in [5.74, 6) is 0.306. The van der Waals surface area contributed by atoms with Gasteiger partial charge < -0.3 is 5.11 Å². The lowest BCUT2D eigenvalue weighted by atomic mass is 9.73. The van der Waals surface area contributed by atoms with Gasteiger partial charge in [-0.05, 0) is 41.7 Å². The third-order valence-electron chi connectivity index (χ3n) is 3.69. The summed E-state index contributed by atoms with van der Waals surface area (Å²) in [5.41, 5.74) is 3.89. The van der Waals surface area contributed by atoms with Crippen LogP contribution in [-0.2, 0) is 12.8 Å². The number of aliphatic hydroxyl groups excluding tert-OH is 1. The molecule has 1 N–H and O–H groups in total. The topological polar surface area (TPSA) is 20.2 Å². The van der Waals surface area contributed by atoms with Gasteiger partial charge in [0, 0.05) is 10.4 Å². The molecular formula is C16H15BrO. The Hall–Kier alpha value is -1.12. The lowest BCUT2D eigenvalue weighted by Gasteiger charge is -2.34. The van der Waals surface area contributed by atoms with Crippen molar-refractivity contribution in [2.75, 3.05) is 0 Å². The van der Waals surface area contributed by atoms with E-state index in [9.17, 15) is 5.11 Å². The minimum atomic E-state index is -0.283. The molecule has 2 aromatic rings. The fourth-order valence-corrected chi connectivity index (χ4v) is 3.14. The lowest BCUT2D eigenvalue weighted by Crippen LogP contribution is -2.30. The van der Waals surface area contributed by atoms with Crippen LogP contribution in [0.2, 0.25) is 0 Å². The summed E-state index contributed by atoms with van der Waals surface area (Å²) in [5, 5.41) is 10.3. The highest BCUT2D eigenvalue weighted by Crippen LogP contribution is 2.38. The molecule has 2 unspecified atom stereocenters. The molecule has 92 valence electrons. The van der Waals surface area contributed by atoms with Crippen molar-refractivity contribution in [3.8, 4) is 0 Å². The molecule has 0 amide bonds. The van der Waals surface area contributed by atoms with Crippen molar-refractivity contribution in [3.63, 3.8) is 0 Å². The number of aliphatic hydroxyl groups is 1. The third-order valence-corrected chi connectivity index (χ3v) is 4.19. The van der Waals surface area contributed by atoms with Crippen molar-refractivity contribution < 1.29 is 5.11 Å². The fraction of sp³-hybridized carbons (Fsp3) is 0.250. The van der Waals surface area contributed by atoms with E-state index in [1.165, 1.54) is 16.7 Å². The molecule has 1 aliphatic carbocycles. The Bertz CT molecular complexity index is 565. The summed E-state index contributed by atoms with van der Waals surface area (Å²) in [6.45, 7) is 0. The Kier molecular flexibility index (Phi) is 3.23. The molecule has 0 spiro atoms. The number of fused-ring (bicyclic) bond motifs is 1. The highest BCUT2D eigenvalue weighted by Gasteiger charge is 2.31. The second-order valence-electron chi connectivity index (χ2n) is 4.91. The maximum atomic E-state index is 10.3. The number of halogens is 1. The van der Waals surface area contributed by atoms with E-state index in [4.69, 9.17) is 0 Å². The predicted octanol–water partition coefficient (Wildman–Crippen LogP) is 3.69. The summed E-state index contributed by atoms with van der Waals surface area (Å²) >= 11 is 3.46. The zero-order valence-electron chi connectivity index (χ0n) is 10.0. The Morgan fingerprint density at radius 2 is 2.00 bits per heavy atom. The monoisotopic (exact) mass is 302 g/mol. The molecule has 2 heteroatoms. The van der Waals surface area contributed by atoms with E-state index in [0.717, 1.165) is 17.3 Å². The van der Waals surface area contributed by atoms with Gasteiger partial charge in [0.1, 0.15) is 0 Å². The fourth-order valence-electron chi connectivity index (χ4n) is 2.69. The van der Waals surface area contributed by atoms with Crippen LogP contribution in [0.1, 0.15) is 22.6 Å². The maximum absolute atomic E-state index is 10.3. The largest absolute Gasteiger partial charge is 0.392 e. The highest BCUT2D eigenvalue weighted by atomic mass is 79.9. The van der Waals surface area contributed by atoms with Crippen LogP contribution in [0.4, 0.5) is 0 Å². The van der Waals surface area contributed by atoms with Gasteiger partial charge in [-0.3, -0.25) is 0 Å². The minimum absolute atomic E-state index is 0.283. The first-order valence-corrected chi connectivity index (χ1v) is 7.03. The van der Waals surface area contributed by atoms with Gasteiger partial charge in [-0.15, -0.1) is 0 Å². The molecule has 1 nitrogen and oxygen atoms in total. The van der Waals surface area contributed by atoms with Crippen LogP contribution in [0, 0.1) is 0 Å². The molecule has 2 aromatic carbocycles. The molecule has 0 radical (unpaired) electrons. The maximum Gasteiger partial charge on any atom is 0.0652 e. The Balaban J connectivity index is 1.72. The van der Waals surface area contributed by atoms with Crippen molar-refractivity contribution in [2.45, 2.75) is 24.9 Å². The first-order chi connectivity index (χ1) is 8.74. The number of hydrogen-bond donors (Lipinski definition) is 1. The van der Waals surface area contributed by atoms with E-state index >= 15 is 0 Å². The van der Waals surface area contributed by atoms with Gasteiger partial charge in [-0.2, -0.15) is 0 Å². The molecule has 0 saturated carbocycles. The summed E-state index contributed by atoms with van der Waals surface area (Å²) in [6, 6.07) is 16.6. The van der Waals surface area contributed by atoms with Crippen LogP contribution in [0.3, 0.4) is 0 Å². The molecule has 1 aliphatic rings. The standard InChI is InChI=1S/C16H15BrO/c17-13-6-3-4-11(8-13)9-16(18)15-10-12-5-1-2-7-14(12)15/h1-8,15-16,18H,9-10H2. The molecule has 0 heterocycles. The molecule has 2 atom stereocenters. The normalized spacial score (nSPS) is 18.9. The van der Waals surface area contributed by atoms with E-state index in [2.05, 4.69) is 52.3 Å². The van der Waals surface area contributed by atoms with Crippen molar-refractivity contribution in [2.24, 2.45) is 0 Å². The average Bonchev–Trinajstić information content (AvgIpc) is 2.30. The van der Waals surface area contributed by atoms with E-state index in [-0.39, 0.29) is 6.10 Å². The zero-order valence-corrected chi connectivity index (χ0v) is 11.6. The van der Waals surface area contributed by atoms with Crippen molar-refractivity contribution in [1.29, 1.82) is 0 Å². The molecule has 0 fully saturated rings. The van der Waals surface area contributed by atoms with E-state index in [1.807, 2.05) is 12.1 Å².